The Bertz CT molecular complexity index is 1160. The topological polar surface area (TPSA) is 88.0 Å². The molecule has 0 bridgehead atoms. The summed E-state index contributed by atoms with van der Waals surface area (Å²) in [5, 5.41) is 4.70. The molecule has 0 saturated heterocycles. The van der Waals surface area contributed by atoms with Gasteiger partial charge in [-0.3, -0.25) is 0 Å². The van der Waals surface area contributed by atoms with Crippen molar-refractivity contribution in [1.82, 2.24) is 4.90 Å². The van der Waals surface area contributed by atoms with E-state index in [9.17, 15) is 4.21 Å². The van der Waals surface area contributed by atoms with Gasteiger partial charge in [0.2, 0.25) is 0 Å². The second-order valence-electron chi connectivity index (χ2n) is 6.70. The molecule has 6 nitrogen and oxygen atoms in total. The number of fused-ring (bicyclic) bond motifs is 1. The molecule has 4 rings (SSSR count). The number of nitrogens with zero attached hydrogens (tertiary/aromatic N) is 3. The molecule has 1 aliphatic heterocycles. The van der Waals surface area contributed by atoms with Gasteiger partial charge in [-0.05, 0) is 35.2 Å². The maximum atomic E-state index is 13.1. The highest BCUT2D eigenvalue weighted by Crippen LogP contribution is 2.35. The second-order valence-corrected chi connectivity index (χ2v) is 9.48. The van der Waals surface area contributed by atoms with Gasteiger partial charge in [-0.2, -0.15) is 0 Å². The number of hydrogen-bond donors (Lipinski definition) is 2. The van der Waals surface area contributed by atoms with Crippen LogP contribution in [0.3, 0.4) is 0 Å². The van der Waals surface area contributed by atoms with Crippen molar-refractivity contribution in [2.24, 2.45) is 16.6 Å². The first-order valence-corrected chi connectivity index (χ1v) is 11.5. The summed E-state index contributed by atoms with van der Waals surface area (Å²) in [5.74, 6) is 7.30. The van der Waals surface area contributed by atoms with E-state index in [-0.39, 0.29) is 10.9 Å². The van der Waals surface area contributed by atoms with Gasteiger partial charge >= 0.3 is 0 Å². The standard InChI is InChI=1S/C21H20ClN5OS2/c1-26(13-14-6-3-2-4-7-14)19-17-10-11-29-21(17)27(24)20(25-19)18(23)30(28)16-9-5-8-15(22)12-16/h2-12H,13,23-24H2,1H3/b20-18+. The van der Waals surface area contributed by atoms with E-state index in [2.05, 4.69) is 12.1 Å². The minimum atomic E-state index is -1.66. The predicted octanol–water partition coefficient (Wildman–Crippen LogP) is 3.87. The number of anilines is 1. The van der Waals surface area contributed by atoms with Crippen LogP contribution in [-0.4, -0.2) is 22.0 Å². The molecule has 0 amide bonds. The zero-order valence-electron chi connectivity index (χ0n) is 16.2. The van der Waals surface area contributed by atoms with Crippen LogP contribution >= 0.6 is 22.9 Å². The molecule has 1 aliphatic rings. The molecule has 0 fully saturated rings. The van der Waals surface area contributed by atoms with Gasteiger partial charge in [0, 0.05) is 23.5 Å². The molecule has 1 aromatic heterocycles. The third-order valence-electron chi connectivity index (χ3n) is 4.60. The van der Waals surface area contributed by atoms with Crippen molar-refractivity contribution < 1.29 is 4.21 Å². The number of thiophene rings is 1. The first kappa shape index (κ1) is 20.6. The number of halogens is 1. The summed E-state index contributed by atoms with van der Waals surface area (Å²) in [6, 6.07) is 18.9. The van der Waals surface area contributed by atoms with Gasteiger partial charge < -0.3 is 10.6 Å². The van der Waals surface area contributed by atoms with Gasteiger partial charge in [-0.1, -0.05) is 48.0 Å². The molecule has 2 heterocycles. The Morgan fingerprint density at radius 3 is 2.70 bits per heavy atom. The van der Waals surface area contributed by atoms with Gasteiger partial charge in [0.05, 0.1) is 5.56 Å². The van der Waals surface area contributed by atoms with Gasteiger partial charge in [-0.25, -0.2) is 20.1 Å². The minimum Gasteiger partial charge on any atom is -0.388 e. The highest BCUT2D eigenvalue weighted by molar-refractivity contribution is 7.89. The van der Waals surface area contributed by atoms with Crippen molar-refractivity contribution in [3.63, 3.8) is 0 Å². The normalized spacial score (nSPS) is 16.0. The smallest absolute Gasteiger partial charge is 0.183 e. The SMILES string of the molecule is CN(Cc1ccccc1)C1=N/C(=C(/N)S(=O)c2cccc(Cl)c2)N(N)c2sccc21. The zero-order valence-corrected chi connectivity index (χ0v) is 18.5. The maximum absolute atomic E-state index is 13.1. The van der Waals surface area contributed by atoms with E-state index in [4.69, 9.17) is 28.2 Å². The van der Waals surface area contributed by atoms with Crippen LogP contribution in [0.1, 0.15) is 11.1 Å². The molecule has 0 saturated carbocycles. The van der Waals surface area contributed by atoms with E-state index in [0.29, 0.717) is 16.5 Å². The fourth-order valence-corrected chi connectivity index (χ4v) is 5.23. The van der Waals surface area contributed by atoms with Crippen molar-refractivity contribution in [2.75, 3.05) is 12.1 Å². The molecule has 3 aromatic rings. The summed E-state index contributed by atoms with van der Waals surface area (Å²) < 4.78 is 13.1. The lowest BCUT2D eigenvalue weighted by Crippen LogP contribution is -2.39. The number of nitrogens with two attached hydrogens (primary N) is 2. The average molecular weight is 458 g/mol. The number of aliphatic imine (C=N–C) groups is 1. The number of amidine groups is 1. The Hall–Kier alpha value is -2.65. The zero-order chi connectivity index (χ0) is 21.3. The number of rotatable bonds is 4. The summed E-state index contributed by atoms with van der Waals surface area (Å²) in [6.07, 6.45) is 0. The fraction of sp³-hybridized carbons (Fsp3) is 0.0952. The van der Waals surface area contributed by atoms with Crippen LogP contribution in [0.25, 0.3) is 0 Å². The van der Waals surface area contributed by atoms with Crippen LogP contribution in [-0.2, 0) is 17.3 Å². The fourth-order valence-electron chi connectivity index (χ4n) is 3.16. The molecule has 0 spiro atoms. The van der Waals surface area contributed by atoms with E-state index in [1.54, 1.807) is 24.3 Å². The van der Waals surface area contributed by atoms with Crippen LogP contribution in [0, 0.1) is 0 Å². The monoisotopic (exact) mass is 457 g/mol. The van der Waals surface area contributed by atoms with Crippen LogP contribution in [0.15, 0.2) is 86.8 Å². The van der Waals surface area contributed by atoms with Crippen LogP contribution in [0.5, 0.6) is 0 Å². The lowest BCUT2D eigenvalue weighted by molar-refractivity contribution is 0.499. The van der Waals surface area contributed by atoms with Crippen LogP contribution in [0.2, 0.25) is 5.02 Å². The van der Waals surface area contributed by atoms with E-state index in [1.165, 1.54) is 16.3 Å². The molecular formula is C21H20ClN5OS2. The Balaban J connectivity index is 1.75. The molecule has 30 heavy (non-hydrogen) atoms. The van der Waals surface area contributed by atoms with E-state index in [1.807, 2.05) is 41.6 Å². The Morgan fingerprint density at radius 1 is 1.20 bits per heavy atom. The molecular weight excluding hydrogens is 438 g/mol. The molecule has 1 unspecified atom stereocenters. The van der Waals surface area contributed by atoms with E-state index in [0.717, 1.165) is 22.0 Å². The van der Waals surface area contributed by atoms with E-state index < -0.39 is 10.8 Å². The number of hydrazine groups is 1. The summed E-state index contributed by atoms with van der Waals surface area (Å²) in [6.45, 7) is 0.657. The first-order chi connectivity index (χ1) is 14.5. The van der Waals surface area contributed by atoms with Crippen LogP contribution in [0.4, 0.5) is 5.00 Å². The Morgan fingerprint density at radius 2 is 1.97 bits per heavy atom. The average Bonchev–Trinajstić information content (AvgIpc) is 3.24. The molecule has 1 atom stereocenters. The highest BCUT2D eigenvalue weighted by Gasteiger charge is 2.29. The van der Waals surface area contributed by atoms with Crippen molar-refractivity contribution in [3.05, 3.63) is 93.0 Å². The predicted molar refractivity (Wildman–Crippen MR) is 125 cm³/mol. The lowest BCUT2D eigenvalue weighted by atomic mass is 10.2. The largest absolute Gasteiger partial charge is 0.388 e. The maximum Gasteiger partial charge on any atom is 0.183 e. The number of hydrogen-bond acceptors (Lipinski definition) is 7. The van der Waals surface area contributed by atoms with Gasteiger partial charge in [-0.15, -0.1) is 11.3 Å². The third kappa shape index (κ3) is 3.99. The molecule has 0 radical (unpaired) electrons. The lowest BCUT2D eigenvalue weighted by Gasteiger charge is -2.30. The molecule has 4 N–H and O–H groups in total. The van der Waals surface area contributed by atoms with Gasteiger partial charge in [0.15, 0.2) is 5.82 Å². The summed E-state index contributed by atoms with van der Waals surface area (Å²) in [4.78, 5) is 7.24. The molecule has 2 aromatic carbocycles. The van der Waals surface area contributed by atoms with Crippen LogP contribution < -0.4 is 16.6 Å². The van der Waals surface area contributed by atoms with Crippen molar-refractivity contribution in [1.29, 1.82) is 0 Å². The van der Waals surface area contributed by atoms with Crippen molar-refractivity contribution in [2.45, 2.75) is 11.4 Å². The highest BCUT2D eigenvalue weighted by atomic mass is 35.5. The molecule has 0 aliphatic carbocycles. The van der Waals surface area contributed by atoms with Crippen molar-refractivity contribution in [3.8, 4) is 0 Å². The summed E-state index contributed by atoms with van der Waals surface area (Å²) in [5.41, 5.74) is 8.36. The van der Waals surface area contributed by atoms with Gasteiger partial charge in [0.25, 0.3) is 0 Å². The minimum absolute atomic E-state index is 0.0735. The third-order valence-corrected chi connectivity index (χ3v) is 7.01. The quantitative estimate of drug-likeness (QED) is 0.580. The Kier molecular flexibility index (Phi) is 5.92. The Labute approximate surface area is 186 Å². The summed E-state index contributed by atoms with van der Waals surface area (Å²) >= 11 is 7.52. The second kappa shape index (κ2) is 8.61. The number of benzene rings is 2. The molecule has 154 valence electrons. The van der Waals surface area contributed by atoms with Crippen molar-refractivity contribution >= 4 is 44.6 Å². The first-order valence-electron chi connectivity index (χ1n) is 9.09. The van der Waals surface area contributed by atoms with Gasteiger partial charge in [0.1, 0.15) is 26.7 Å². The van der Waals surface area contributed by atoms with E-state index >= 15 is 0 Å². The summed E-state index contributed by atoms with van der Waals surface area (Å²) in [7, 11) is 0.302. The molecule has 9 heteroatoms.